The second-order valence-electron chi connectivity index (χ2n) is 4.20. The number of nitrogens with two attached hydrogens (primary N) is 1. The van der Waals surface area contributed by atoms with Crippen LogP contribution in [-0.4, -0.2) is 24.4 Å². The number of rotatable bonds is 3. The first-order valence-electron chi connectivity index (χ1n) is 5.72. The molecule has 2 aromatic rings. The quantitative estimate of drug-likeness (QED) is 0.894. The molecule has 19 heavy (non-hydrogen) atoms. The molecule has 0 unspecified atom stereocenters. The van der Waals surface area contributed by atoms with Crippen LogP contribution in [0.4, 0.5) is 10.2 Å². The van der Waals surface area contributed by atoms with Crippen LogP contribution >= 0.6 is 0 Å². The number of halogens is 1. The number of aromatic nitrogens is 2. The first kappa shape index (κ1) is 13.2. The molecule has 1 aromatic carbocycles. The maximum atomic E-state index is 14.3. The minimum absolute atomic E-state index is 0.340. The molecule has 0 saturated heterocycles. The van der Waals surface area contributed by atoms with E-state index < -0.39 is 0 Å². The monoisotopic (exact) mass is 265 g/mol. The number of aromatic amines is 1. The van der Waals surface area contributed by atoms with Crippen molar-refractivity contribution in [2.45, 2.75) is 13.8 Å². The van der Waals surface area contributed by atoms with Gasteiger partial charge in [0.05, 0.1) is 20.4 Å². The molecule has 0 radical (unpaired) electrons. The summed E-state index contributed by atoms with van der Waals surface area (Å²) in [5, 5.41) is 6.48. The lowest BCUT2D eigenvalue weighted by Crippen LogP contribution is -2.02. The van der Waals surface area contributed by atoms with E-state index >= 15 is 0 Å². The first-order chi connectivity index (χ1) is 9.02. The summed E-state index contributed by atoms with van der Waals surface area (Å²) in [6, 6.07) is 0. The average molecular weight is 265 g/mol. The lowest BCUT2D eigenvalue weighted by Gasteiger charge is -2.18. The fraction of sp³-hybridized carbons (Fsp3) is 0.308. The van der Waals surface area contributed by atoms with E-state index in [0.29, 0.717) is 39.6 Å². The Balaban J connectivity index is 2.87. The highest BCUT2D eigenvalue weighted by atomic mass is 19.1. The number of ether oxygens (including phenoxy) is 2. The Morgan fingerprint density at radius 3 is 2.26 bits per heavy atom. The van der Waals surface area contributed by atoms with Crippen molar-refractivity contribution in [1.82, 2.24) is 10.2 Å². The number of hydrogen-bond acceptors (Lipinski definition) is 4. The number of nitrogens with one attached hydrogen (secondary N) is 1. The third-order valence-electron chi connectivity index (χ3n) is 3.15. The first-order valence-corrected chi connectivity index (χ1v) is 5.72. The maximum absolute atomic E-state index is 14.3. The highest BCUT2D eigenvalue weighted by Crippen LogP contribution is 2.45. The summed E-state index contributed by atoms with van der Waals surface area (Å²) in [6.45, 7) is 3.32. The lowest BCUT2D eigenvalue weighted by atomic mass is 9.97. The smallest absolute Gasteiger partial charge is 0.169 e. The predicted molar refractivity (Wildman–Crippen MR) is 71.0 cm³/mol. The minimum atomic E-state index is -0.340. The Kier molecular flexibility index (Phi) is 3.33. The molecular weight excluding hydrogens is 249 g/mol. The SMILES string of the molecule is COc1c(C)c(F)c(C)c(-c2cn[nH]c2N)c1OC. The van der Waals surface area contributed by atoms with Gasteiger partial charge in [-0.3, -0.25) is 5.10 Å². The standard InChI is InChI=1S/C13H16FN3O2/c1-6-9(8-5-16-17-13(8)15)12(19-4)11(18-3)7(2)10(6)14/h5H,1-4H3,(H3,15,16,17). The second kappa shape index (κ2) is 4.79. The molecule has 0 saturated carbocycles. The fourth-order valence-electron chi connectivity index (χ4n) is 2.21. The third-order valence-corrected chi connectivity index (χ3v) is 3.15. The van der Waals surface area contributed by atoms with Crippen molar-refractivity contribution in [3.8, 4) is 22.6 Å². The van der Waals surface area contributed by atoms with Crippen LogP contribution < -0.4 is 15.2 Å². The van der Waals surface area contributed by atoms with E-state index in [2.05, 4.69) is 10.2 Å². The van der Waals surface area contributed by atoms with E-state index in [-0.39, 0.29) is 5.82 Å². The molecule has 2 rings (SSSR count). The van der Waals surface area contributed by atoms with E-state index in [1.54, 1.807) is 13.8 Å². The van der Waals surface area contributed by atoms with Crippen LogP contribution in [0.2, 0.25) is 0 Å². The molecule has 0 bridgehead atoms. The largest absolute Gasteiger partial charge is 0.492 e. The zero-order valence-corrected chi connectivity index (χ0v) is 11.3. The van der Waals surface area contributed by atoms with Gasteiger partial charge in [0, 0.05) is 16.7 Å². The van der Waals surface area contributed by atoms with Gasteiger partial charge < -0.3 is 15.2 Å². The fourth-order valence-corrected chi connectivity index (χ4v) is 2.21. The van der Waals surface area contributed by atoms with Crippen molar-refractivity contribution in [2.75, 3.05) is 20.0 Å². The highest BCUT2D eigenvalue weighted by molar-refractivity contribution is 5.83. The van der Waals surface area contributed by atoms with Crippen LogP contribution in [-0.2, 0) is 0 Å². The molecule has 0 aliphatic carbocycles. The van der Waals surface area contributed by atoms with Crippen LogP contribution in [0.25, 0.3) is 11.1 Å². The van der Waals surface area contributed by atoms with Crippen LogP contribution in [0.3, 0.4) is 0 Å². The van der Waals surface area contributed by atoms with Crippen molar-refractivity contribution < 1.29 is 13.9 Å². The lowest BCUT2D eigenvalue weighted by molar-refractivity contribution is 0.350. The van der Waals surface area contributed by atoms with Crippen molar-refractivity contribution in [3.05, 3.63) is 23.1 Å². The molecule has 1 aromatic heterocycles. The van der Waals surface area contributed by atoms with E-state index in [1.165, 1.54) is 20.4 Å². The second-order valence-corrected chi connectivity index (χ2v) is 4.20. The number of anilines is 1. The number of nitrogen functional groups attached to an aromatic ring is 1. The van der Waals surface area contributed by atoms with Gasteiger partial charge in [0.2, 0.25) is 0 Å². The molecular formula is C13H16FN3O2. The molecule has 0 fully saturated rings. The topological polar surface area (TPSA) is 73.2 Å². The Labute approximate surface area is 110 Å². The van der Waals surface area contributed by atoms with Crippen LogP contribution in [0.5, 0.6) is 11.5 Å². The van der Waals surface area contributed by atoms with Crippen molar-refractivity contribution in [3.63, 3.8) is 0 Å². The van der Waals surface area contributed by atoms with E-state index in [4.69, 9.17) is 15.2 Å². The van der Waals surface area contributed by atoms with Gasteiger partial charge in [0.25, 0.3) is 0 Å². The Bertz CT molecular complexity index is 623. The van der Waals surface area contributed by atoms with Gasteiger partial charge in [-0.1, -0.05) is 0 Å². The number of H-pyrrole nitrogens is 1. The van der Waals surface area contributed by atoms with Gasteiger partial charge in [-0.15, -0.1) is 0 Å². The predicted octanol–water partition coefficient (Wildman–Crippen LogP) is 2.43. The summed E-state index contributed by atoms with van der Waals surface area (Å²) < 4.78 is 24.9. The average Bonchev–Trinajstić information content (AvgIpc) is 2.81. The molecule has 3 N–H and O–H groups in total. The molecule has 0 atom stereocenters. The molecule has 0 aliphatic rings. The third kappa shape index (κ3) is 1.89. The van der Waals surface area contributed by atoms with Crippen LogP contribution in [0.1, 0.15) is 11.1 Å². The molecule has 0 aliphatic heterocycles. The summed E-state index contributed by atoms with van der Waals surface area (Å²) in [4.78, 5) is 0. The molecule has 5 nitrogen and oxygen atoms in total. The zero-order valence-electron chi connectivity index (χ0n) is 11.3. The summed E-state index contributed by atoms with van der Waals surface area (Å²) in [6.07, 6.45) is 1.54. The molecule has 1 heterocycles. The Morgan fingerprint density at radius 2 is 1.79 bits per heavy atom. The van der Waals surface area contributed by atoms with E-state index in [9.17, 15) is 4.39 Å². The maximum Gasteiger partial charge on any atom is 0.169 e. The number of benzene rings is 1. The van der Waals surface area contributed by atoms with Crippen LogP contribution in [0, 0.1) is 19.7 Å². The van der Waals surface area contributed by atoms with Gasteiger partial charge in [0.1, 0.15) is 11.6 Å². The molecule has 6 heteroatoms. The normalized spacial score (nSPS) is 10.6. The van der Waals surface area contributed by atoms with Gasteiger partial charge >= 0.3 is 0 Å². The number of methoxy groups -OCH3 is 2. The number of nitrogens with zero attached hydrogens (tertiary/aromatic N) is 1. The number of hydrogen-bond donors (Lipinski definition) is 2. The summed E-state index contributed by atoms with van der Waals surface area (Å²) in [7, 11) is 2.98. The van der Waals surface area contributed by atoms with Crippen molar-refractivity contribution >= 4 is 5.82 Å². The van der Waals surface area contributed by atoms with E-state index in [0.717, 1.165) is 0 Å². The van der Waals surface area contributed by atoms with E-state index in [1.807, 2.05) is 0 Å². The van der Waals surface area contributed by atoms with Gasteiger partial charge in [-0.25, -0.2) is 4.39 Å². The van der Waals surface area contributed by atoms with Crippen molar-refractivity contribution in [1.29, 1.82) is 0 Å². The highest BCUT2D eigenvalue weighted by Gasteiger charge is 2.24. The summed E-state index contributed by atoms with van der Waals surface area (Å²) >= 11 is 0. The zero-order chi connectivity index (χ0) is 14.2. The van der Waals surface area contributed by atoms with Crippen LogP contribution in [0.15, 0.2) is 6.20 Å². The Hall–Kier alpha value is -2.24. The molecule has 0 spiro atoms. The van der Waals surface area contributed by atoms with Crippen molar-refractivity contribution in [2.24, 2.45) is 0 Å². The molecule has 0 amide bonds. The summed E-state index contributed by atoms with van der Waals surface area (Å²) in [5.74, 6) is 0.827. The molecule has 102 valence electrons. The van der Waals surface area contributed by atoms with Gasteiger partial charge in [-0.2, -0.15) is 5.10 Å². The van der Waals surface area contributed by atoms with Gasteiger partial charge in [-0.05, 0) is 19.4 Å². The Morgan fingerprint density at radius 1 is 1.16 bits per heavy atom. The minimum Gasteiger partial charge on any atom is -0.492 e. The van der Waals surface area contributed by atoms with Gasteiger partial charge in [0.15, 0.2) is 11.5 Å². The summed E-state index contributed by atoms with van der Waals surface area (Å²) in [5.41, 5.74) is 7.80.